The SMILES string of the molecule is C=C(CO)C(=O)OCCCc1ccc(-c2ccc(C3C=CC(C4CCC(CCCCC)CC4)=CC3)cc2CC)cc1. The largest absolute Gasteiger partial charge is 0.462 e. The van der Waals surface area contributed by atoms with Crippen LogP contribution in [0, 0.1) is 11.8 Å². The summed E-state index contributed by atoms with van der Waals surface area (Å²) < 4.78 is 5.15. The van der Waals surface area contributed by atoms with Crippen LogP contribution in [-0.2, 0) is 22.4 Å². The van der Waals surface area contributed by atoms with Crippen molar-refractivity contribution in [2.75, 3.05) is 13.2 Å². The van der Waals surface area contributed by atoms with E-state index < -0.39 is 5.97 Å². The van der Waals surface area contributed by atoms with Crippen LogP contribution >= 0.6 is 0 Å². The monoisotopic (exact) mass is 554 g/mol. The van der Waals surface area contributed by atoms with E-state index in [-0.39, 0.29) is 12.2 Å². The van der Waals surface area contributed by atoms with Crippen molar-refractivity contribution in [3.8, 4) is 11.1 Å². The summed E-state index contributed by atoms with van der Waals surface area (Å²) in [6.07, 6.45) is 22.3. The number of esters is 1. The fourth-order valence-corrected chi connectivity index (χ4v) is 6.53. The van der Waals surface area contributed by atoms with Gasteiger partial charge >= 0.3 is 5.97 Å². The molecule has 2 aliphatic carbocycles. The number of hydrogen-bond donors (Lipinski definition) is 1. The van der Waals surface area contributed by atoms with E-state index in [4.69, 9.17) is 9.84 Å². The van der Waals surface area contributed by atoms with E-state index in [1.165, 1.54) is 79.2 Å². The van der Waals surface area contributed by atoms with Gasteiger partial charge in [0.1, 0.15) is 0 Å². The molecule has 4 rings (SSSR count). The van der Waals surface area contributed by atoms with Crippen LogP contribution in [0.3, 0.4) is 0 Å². The van der Waals surface area contributed by atoms with Crippen LogP contribution < -0.4 is 0 Å². The Bertz CT molecular complexity index is 1190. The quantitative estimate of drug-likeness (QED) is 0.144. The Morgan fingerprint density at radius 2 is 1.78 bits per heavy atom. The number of unbranched alkanes of at least 4 members (excludes halogenated alkanes) is 2. The third-order valence-electron chi connectivity index (χ3n) is 9.19. The first kappa shape index (κ1) is 31.0. The second kappa shape index (κ2) is 15.9. The molecule has 0 aliphatic heterocycles. The Labute approximate surface area is 248 Å². The van der Waals surface area contributed by atoms with Gasteiger partial charge in [-0.15, -0.1) is 0 Å². The van der Waals surface area contributed by atoms with Gasteiger partial charge in [-0.05, 0) is 96.6 Å². The summed E-state index contributed by atoms with van der Waals surface area (Å²) in [5.41, 5.74) is 8.29. The van der Waals surface area contributed by atoms with Gasteiger partial charge in [-0.2, -0.15) is 0 Å². The van der Waals surface area contributed by atoms with Gasteiger partial charge in [0.15, 0.2) is 0 Å². The molecule has 1 N–H and O–H groups in total. The van der Waals surface area contributed by atoms with Gasteiger partial charge in [0.25, 0.3) is 0 Å². The maximum absolute atomic E-state index is 11.6. The fourth-order valence-electron chi connectivity index (χ4n) is 6.53. The predicted octanol–water partition coefficient (Wildman–Crippen LogP) is 9.30. The predicted molar refractivity (Wildman–Crippen MR) is 171 cm³/mol. The zero-order valence-electron chi connectivity index (χ0n) is 25.4. The summed E-state index contributed by atoms with van der Waals surface area (Å²) >= 11 is 0. The minimum absolute atomic E-state index is 0.0957. The minimum Gasteiger partial charge on any atom is -0.462 e. The molecule has 0 amide bonds. The molecular formula is C38H50O3. The van der Waals surface area contributed by atoms with Gasteiger partial charge in [-0.25, -0.2) is 4.79 Å². The lowest BCUT2D eigenvalue weighted by Gasteiger charge is -2.31. The van der Waals surface area contributed by atoms with Gasteiger partial charge in [0, 0.05) is 5.92 Å². The maximum atomic E-state index is 11.6. The van der Waals surface area contributed by atoms with Crippen molar-refractivity contribution in [2.45, 2.75) is 96.8 Å². The highest BCUT2D eigenvalue weighted by Crippen LogP contribution is 2.39. The molecule has 3 heteroatoms. The number of rotatable bonds is 14. The highest BCUT2D eigenvalue weighted by Gasteiger charge is 2.24. The van der Waals surface area contributed by atoms with E-state index in [2.05, 4.69) is 81.1 Å². The van der Waals surface area contributed by atoms with Crippen LogP contribution in [0.25, 0.3) is 11.1 Å². The zero-order valence-corrected chi connectivity index (χ0v) is 25.4. The van der Waals surface area contributed by atoms with E-state index in [9.17, 15) is 4.79 Å². The third kappa shape index (κ3) is 8.79. The topological polar surface area (TPSA) is 46.5 Å². The summed E-state index contributed by atoms with van der Waals surface area (Å²) in [5.74, 6) is 1.69. The summed E-state index contributed by atoms with van der Waals surface area (Å²) in [5, 5.41) is 8.96. The first-order valence-electron chi connectivity index (χ1n) is 16.1. The molecule has 0 bridgehead atoms. The van der Waals surface area contributed by atoms with E-state index >= 15 is 0 Å². The van der Waals surface area contributed by atoms with Crippen LogP contribution in [0.1, 0.15) is 101 Å². The van der Waals surface area contributed by atoms with Crippen molar-refractivity contribution in [3.05, 3.63) is 95.1 Å². The normalized spacial score (nSPS) is 20.5. The lowest BCUT2D eigenvalue weighted by Crippen LogP contribution is -2.17. The Balaban J connectivity index is 1.29. The molecule has 1 saturated carbocycles. The number of carbonyl (C=O) groups is 1. The second-order valence-electron chi connectivity index (χ2n) is 12.1. The summed E-state index contributed by atoms with van der Waals surface area (Å²) in [6, 6.07) is 15.8. The second-order valence-corrected chi connectivity index (χ2v) is 12.1. The molecule has 220 valence electrons. The van der Waals surface area contributed by atoms with Crippen LogP contribution in [-0.4, -0.2) is 24.3 Å². The Kier molecular flexibility index (Phi) is 12.0. The van der Waals surface area contributed by atoms with Crippen LogP contribution in [0.2, 0.25) is 0 Å². The van der Waals surface area contributed by atoms with Crippen LogP contribution in [0.4, 0.5) is 0 Å². The standard InChI is InChI=1S/C38H50O3/c1-4-6-7-9-29-11-15-32(16-12-29)33-19-21-34(22-20-33)36-23-24-37(31(5-2)26-36)35-17-13-30(14-18-35)10-8-25-41-38(40)28(3)27-39/h13-14,17-21,23-24,26,29,32,34,39H,3-12,15-16,22,25,27H2,1-2H3. The van der Waals surface area contributed by atoms with Gasteiger partial charge in [-0.1, -0.05) is 107 Å². The average Bonchev–Trinajstić information content (AvgIpc) is 3.03. The maximum Gasteiger partial charge on any atom is 0.335 e. The molecular weight excluding hydrogens is 504 g/mol. The van der Waals surface area contributed by atoms with Crippen molar-refractivity contribution >= 4 is 5.97 Å². The molecule has 0 heterocycles. The lowest BCUT2D eigenvalue weighted by molar-refractivity contribution is -0.139. The average molecular weight is 555 g/mol. The molecule has 1 unspecified atom stereocenters. The number of aliphatic hydroxyl groups excluding tert-OH is 1. The fraction of sp³-hybridized carbons (Fsp3) is 0.500. The van der Waals surface area contributed by atoms with E-state index in [0.717, 1.165) is 37.5 Å². The number of aliphatic hydroxyl groups is 1. The Hall–Kier alpha value is -2.91. The Morgan fingerprint density at radius 3 is 2.44 bits per heavy atom. The van der Waals surface area contributed by atoms with E-state index in [1.807, 2.05) is 0 Å². The smallest absolute Gasteiger partial charge is 0.335 e. The van der Waals surface area contributed by atoms with Gasteiger partial charge < -0.3 is 9.84 Å². The molecule has 0 spiro atoms. The Morgan fingerprint density at radius 1 is 1.00 bits per heavy atom. The molecule has 1 atom stereocenters. The summed E-state index contributed by atoms with van der Waals surface area (Å²) in [7, 11) is 0. The molecule has 2 aromatic carbocycles. The van der Waals surface area contributed by atoms with Crippen molar-refractivity contribution in [1.82, 2.24) is 0 Å². The van der Waals surface area contributed by atoms with E-state index in [0.29, 0.717) is 12.5 Å². The van der Waals surface area contributed by atoms with Gasteiger partial charge in [0.05, 0.1) is 18.8 Å². The molecule has 0 radical (unpaired) electrons. The van der Waals surface area contributed by atoms with Crippen molar-refractivity contribution in [3.63, 3.8) is 0 Å². The molecule has 41 heavy (non-hydrogen) atoms. The molecule has 2 aromatic rings. The number of carbonyl (C=O) groups excluding carboxylic acids is 1. The molecule has 1 fully saturated rings. The van der Waals surface area contributed by atoms with Gasteiger partial charge in [-0.3, -0.25) is 0 Å². The van der Waals surface area contributed by atoms with Crippen LogP contribution in [0.15, 0.2) is 78.4 Å². The number of allylic oxidation sites excluding steroid dienone is 4. The summed E-state index contributed by atoms with van der Waals surface area (Å²) in [4.78, 5) is 11.6. The molecule has 0 saturated heterocycles. The number of aryl methyl sites for hydroxylation is 2. The zero-order chi connectivity index (χ0) is 29.0. The first-order chi connectivity index (χ1) is 20.0. The highest BCUT2D eigenvalue weighted by atomic mass is 16.5. The van der Waals surface area contributed by atoms with Crippen molar-refractivity contribution < 1.29 is 14.6 Å². The van der Waals surface area contributed by atoms with Crippen molar-refractivity contribution in [1.29, 1.82) is 0 Å². The number of benzene rings is 2. The number of ether oxygens (including phenoxy) is 1. The first-order valence-corrected chi connectivity index (χ1v) is 16.1. The number of hydrogen-bond acceptors (Lipinski definition) is 3. The summed E-state index contributed by atoms with van der Waals surface area (Å²) in [6.45, 7) is 8.01. The third-order valence-corrected chi connectivity index (χ3v) is 9.19. The minimum atomic E-state index is -0.519. The van der Waals surface area contributed by atoms with Crippen molar-refractivity contribution in [2.24, 2.45) is 11.8 Å². The molecule has 0 aromatic heterocycles. The van der Waals surface area contributed by atoms with E-state index in [1.54, 1.807) is 5.57 Å². The van der Waals surface area contributed by atoms with Crippen LogP contribution in [0.5, 0.6) is 0 Å². The molecule has 2 aliphatic rings. The lowest BCUT2D eigenvalue weighted by atomic mass is 9.75. The van der Waals surface area contributed by atoms with Gasteiger partial charge in [0.2, 0.25) is 0 Å². The molecule has 3 nitrogen and oxygen atoms in total. The highest BCUT2D eigenvalue weighted by molar-refractivity contribution is 5.87.